The fourth-order valence-corrected chi connectivity index (χ4v) is 1.50. The Hall–Kier alpha value is -2.49. The van der Waals surface area contributed by atoms with Crippen molar-refractivity contribution in [1.29, 1.82) is 0 Å². The van der Waals surface area contributed by atoms with Crippen LogP contribution in [0.2, 0.25) is 0 Å². The third kappa shape index (κ3) is 3.74. The van der Waals surface area contributed by atoms with E-state index in [0.717, 1.165) is 5.56 Å². The highest BCUT2D eigenvalue weighted by molar-refractivity contribution is 5.86. The van der Waals surface area contributed by atoms with Gasteiger partial charge in [0, 0.05) is 11.8 Å². The molecule has 19 heavy (non-hydrogen) atoms. The lowest BCUT2D eigenvalue weighted by Crippen LogP contribution is -2.16. The van der Waals surface area contributed by atoms with Crippen molar-refractivity contribution in [1.82, 2.24) is 0 Å². The van der Waals surface area contributed by atoms with Crippen molar-refractivity contribution in [2.45, 2.75) is 0 Å². The van der Waals surface area contributed by atoms with Crippen LogP contribution in [0, 0.1) is 6.92 Å². The van der Waals surface area contributed by atoms with E-state index in [1.165, 1.54) is 0 Å². The van der Waals surface area contributed by atoms with Gasteiger partial charge in [-0.1, -0.05) is 18.2 Å². The first-order valence-electron chi connectivity index (χ1n) is 5.72. The largest absolute Gasteiger partial charge is 0.497 e. The standard InChI is InChI=1S/C15H14NO3/c1-11-6-8-12(9-7-11)16-15(17)19-14-5-3-4-13(10-14)18-2/h3-10H,1H2,2H3,(H,16,17). The van der Waals surface area contributed by atoms with Gasteiger partial charge >= 0.3 is 6.09 Å². The van der Waals surface area contributed by atoms with Crippen LogP contribution in [-0.4, -0.2) is 13.2 Å². The molecule has 4 nitrogen and oxygen atoms in total. The zero-order chi connectivity index (χ0) is 13.7. The van der Waals surface area contributed by atoms with E-state index in [9.17, 15) is 4.79 Å². The summed E-state index contributed by atoms with van der Waals surface area (Å²) in [5.74, 6) is 1.05. The molecular formula is C15H14NO3. The lowest BCUT2D eigenvalue weighted by atomic mass is 10.2. The van der Waals surface area contributed by atoms with Crippen molar-refractivity contribution in [2.75, 3.05) is 12.4 Å². The van der Waals surface area contributed by atoms with E-state index in [-0.39, 0.29) is 0 Å². The zero-order valence-corrected chi connectivity index (χ0v) is 10.6. The third-order valence-corrected chi connectivity index (χ3v) is 2.45. The predicted molar refractivity (Wildman–Crippen MR) is 73.5 cm³/mol. The Morgan fingerprint density at radius 2 is 1.79 bits per heavy atom. The molecule has 2 rings (SSSR count). The Balaban J connectivity index is 1.99. The summed E-state index contributed by atoms with van der Waals surface area (Å²) in [5, 5.41) is 2.63. The molecule has 0 saturated carbocycles. The molecule has 97 valence electrons. The van der Waals surface area contributed by atoms with Gasteiger partial charge in [-0.3, -0.25) is 5.32 Å². The van der Waals surface area contributed by atoms with Crippen LogP contribution in [0.3, 0.4) is 0 Å². The summed E-state index contributed by atoms with van der Waals surface area (Å²) in [7, 11) is 1.56. The van der Waals surface area contributed by atoms with Crippen LogP contribution >= 0.6 is 0 Å². The minimum Gasteiger partial charge on any atom is -0.497 e. The number of carbonyl (C=O) groups excluding carboxylic acids is 1. The number of ether oxygens (including phenoxy) is 2. The molecule has 0 bridgehead atoms. The molecule has 0 spiro atoms. The smallest absolute Gasteiger partial charge is 0.417 e. The number of anilines is 1. The summed E-state index contributed by atoms with van der Waals surface area (Å²) < 4.78 is 10.2. The number of benzene rings is 2. The summed E-state index contributed by atoms with van der Waals surface area (Å²) >= 11 is 0. The molecule has 0 aliphatic rings. The highest BCUT2D eigenvalue weighted by atomic mass is 16.6. The summed E-state index contributed by atoms with van der Waals surface area (Å²) in [5.41, 5.74) is 1.53. The first-order valence-corrected chi connectivity index (χ1v) is 5.72. The maximum atomic E-state index is 11.7. The van der Waals surface area contributed by atoms with Gasteiger partial charge in [0.15, 0.2) is 0 Å². The van der Waals surface area contributed by atoms with Crippen LogP contribution in [0.25, 0.3) is 0 Å². The minimum absolute atomic E-state index is 0.422. The molecule has 1 radical (unpaired) electrons. The van der Waals surface area contributed by atoms with E-state index in [4.69, 9.17) is 9.47 Å². The van der Waals surface area contributed by atoms with Crippen LogP contribution in [0.15, 0.2) is 48.5 Å². The Morgan fingerprint density at radius 1 is 1.11 bits per heavy atom. The Kier molecular flexibility index (Phi) is 4.03. The highest BCUT2D eigenvalue weighted by Crippen LogP contribution is 2.19. The maximum absolute atomic E-state index is 11.7. The van der Waals surface area contributed by atoms with Gasteiger partial charge < -0.3 is 9.47 Å². The monoisotopic (exact) mass is 256 g/mol. The van der Waals surface area contributed by atoms with E-state index >= 15 is 0 Å². The second kappa shape index (κ2) is 5.91. The molecule has 1 N–H and O–H groups in total. The SMILES string of the molecule is [CH2]c1ccc(NC(=O)Oc2cccc(OC)c2)cc1. The summed E-state index contributed by atoms with van der Waals surface area (Å²) in [4.78, 5) is 11.7. The van der Waals surface area contributed by atoms with Gasteiger partial charge in [0.05, 0.1) is 7.11 Å². The number of hydrogen-bond donors (Lipinski definition) is 1. The normalized spacial score (nSPS) is 9.79. The average Bonchev–Trinajstić information content (AvgIpc) is 2.41. The fraction of sp³-hybridized carbons (Fsp3) is 0.0667. The summed E-state index contributed by atoms with van der Waals surface area (Å²) in [6, 6.07) is 14.0. The quantitative estimate of drug-likeness (QED) is 0.914. The second-order valence-electron chi connectivity index (χ2n) is 3.89. The molecule has 0 aliphatic carbocycles. The van der Waals surface area contributed by atoms with Gasteiger partial charge in [0.1, 0.15) is 11.5 Å². The number of carbonyl (C=O) groups is 1. The number of nitrogens with one attached hydrogen (secondary N) is 1. The highest BCUT2D eigenvalue weighted by Gasteiger charge is 2.05. The van der Waals surface area contributed by atoms with Gasteiger partial charge in [-0.2, -0.15) is 0 Å². The predicted octanol–water partition coefficient (Wildman–Crippen LogP) is 3.49. The molecule has 0 aliphatic heterocycles. The van der Waals surface area contributed by atoms with E-state index < -0.39 is 6.09 Å². The number of hydrogen-bond acceptors (Lipinski definition) is 3. The first-order chi connectivity index (χ1) is 9.17. The molecule has 0 saturated heterocycles. The number of amides is 1. The van der Waals surface area contributed by atoms with Crippen LogP contribution in [0.5, 0.6) is 11.5 Å². The first kappa shape index (κ1) is 13.0. The van der Waals surface area contributed by atoms with E-state index in [0.29, 0.717) is 17.2 Å². The van der Waals surface area contributed by atoms with Crippen molar-refractivity contribution in [3.8, 4) is 11.5 Å². The average molecular weight is 256 g/mol. The van der Waals surface area contributed by atoms with Crippen LogP contribution in [0.4, 0.5) is 10.5 Å². The molecule has 2 aromatic rings. The lowest BCUT2D eigenvalue weighted by Gasteiger charge is -2.07. The van der Waals surface area contributed by atoms with Crippen LogP contribution in [0.1, 0.15) is 5.56 Å². The molecule has 2 aromatic carbocycles. The van der Waals surface area contributed by atoms with Gasteiger partial charge in [0.2, 0.25) is 0 Å². The molecule has 1 amide bonds. The van der Waals surface area contributed by atoms with Crippen molar-refractivity contribution >= 4 is 11.8 Å². The van der Waals surface area contributed by atoms with E-state index in [2.05, 4.69) is 12.2 Å². The fourth-order valence-electron chi connectivity index (χ4n) is 1.50. The number of methoxy groups -OCH3 is 1. The molecule has 4 heteroatoms. The molecule has 0 atom stereocenters. The van der Waals surface area contributed by atoms with Gasteiger partial charge in [0.25, 0.3) is 0 Å². The van der Waals surface area contributed by atoms with Gasteiger partial charge in [-0.25, -0.2) is 4.79 Å². The minimum atomic E-state index is -0.551. The second-order valence-corrected chi connectivity index (χ2v) is 3.89. The summed E-state index contributed by atoms with van der Waals surface area (Å²) in [6.07, 6.45) is -0.551. The topological polar surface area (TPSA) is 47.6 Å². The van der Waals surface area contributed by atoms with Crippen molar-refractivity contribution in [3.63, 3.8) is 0 Å². The van der Waals surface area contributed by atoms with Gasteiger partial charge in [-0.05, 0) is 36.8 Å². The molecule has 0 fully saturated rings. The van der Waals surface area contributed by atoms with Gasteiger partial charge in [-0.15, -0.1) is 0 Å². The molecule has 0 unspecified atom stereocenters. The molecular weight excluding hydrogens is 242 g/mol. The third-order valence-electron chi connectivity index (χ3n) is 2.45. The van der Waals surface area contributed by atoms with Crippen molar-refractivity contribution < 1.29 is 14.3 Å². The molecule has 0 aromatic heterocycles. The van der Waals surface area contributed by atoms with Crippen molar-refractivity contribution in [3.05, 3.63) is 61.0 Å². The zero-order valence-electron chi connectivity index (χ0n) is 10.6. The molecule has 0 heterocycles. The Morgan fingerprint density at radius 3 is 2.47 bits per heavy atom. The maximum Gasteiger partial charge on any atom is 0.417 e. The van der Waals surface area contributed by atoms with E-state index in [1.807, 2.05) is 0 Å². The van der Waals surface area contributed by atoms with Crippen molar-refractivity contribution in [2.24, 2.45) is 0 Å². The van der Waals surface area contributed by atoms with Crippen LogP contribution < -0.4 is 14.8 Å². The Bertz CT molecular complexity index is 564. The Labute approximate surface area is 112 Å². The summed E-state index contributed by atoms with van der Waals surface area (Å²) in [6.45, 7) is 3.77. The number of rotatable bonds is 3. The van der Waals surface area contributed by atoms with E-state index in [1.54, 1.807) is 55.6 Å². The lowest BCUT2D eigenvalue weighted by molar-refractivity contribution is 0.215. The van der Waals surface area contributed by atoms with Crippen LogP contribution in [-0.2, 0) is 0 Å².